The van der Waals surface area contributed by atoms with E-state index in [0.717, 1.165) is 11.3 Å². The van der Waals surface area contributed by atoms with Crippen molar-refractivity contribution in [3.05, 3.63) is 64.1 Å². The SMILES string of the molecule is Cc1ccn(CCOc2ccc(C(C)(C)C)cc2)c(=O)c1. The molecule has 0 aliphatic heterocycles. The summed E-state index contributed by atoms with van der Waals surface area (Å²) in [6.07, 6.45) is 1.81. The second kappa shape index (κ2) is 6.17. The van der Waals surface area contributed by atoms with Gasteiger partial charge in [0.05, 0.1) is 6.54 Å². The minimum absolute atomic E-state index is 0.0154. The van der Waals surface area contributed by atoms with Gasteiger partial charge in [0.25, 0.3) is 5.56 Å². The zero-order valence-electron chi connectivity index (χ0n) is 13.2. The summed E-state index contributed by atoms with van der Waals surface area (Å²) in [6.45, 7) is 9.52. The number of hydrogen-bond donors (Lipinski definition) is 0. The zero-order chi connectivity index (χ0) is 15.5. The van der Waals surface area contributed by atoms with E-state index in [2.05, 4.69) is 32.9 Å². The molecule has 0 saturated heterocycles. The van der Waals surface area contributed by atoms with Crippen molar-refractivity contribution in [2.24, 2.45) is 0 Å². The predicted molar refractivity (Wildman–Crippen MR) is 86.1 cm³/mol. The van der Waals surface area contributed by atoms with Crippen molar-refractivity contribution < 1.29 is 4.74 Å². The van der Waals surface area contributed by atoms with Gasteiger partial charge in [0.15, 0.2) is 0 Å². The van der Waals surface area contributed by atoms with Crippen LogP contribution in [0.4, 0.5) is 0 Å². The van der Waals surface area contributed by atoms with Crippen molar-refractivity contribution in [3.63, 3.8) is 0 Å². The van der Waals surface area contributed by atoms with Crippen LogP contribution >= 0.6 is 0 Å². The fourth-order valence-corrected chi connectivity index (χ4v) is 2.10. The maximum atomic E-state index is 11.7. The normalized spacial score (nSPS) is 11.4. The van der Waals surface area contributed by atoms with Crippen molar-refractivity contribution in [1.82, 2.24) is 4.57 Å². The quantitative estimate of drug-likeness (QED) is 0.860. The first kappa shape index (κ1) is 15.4. The monoisotopic (exact) mass is 285 g/mol. The molecule has 0 atom stereocenters. The van der Waals surface area contributed by atoms with Gasteiger partial charge < -0.3 is 9.30 Å². The fourth-order valence-electron chi connectivity index (χ4n) is 2.10. The second-order valence-corrected chi connectivity index (χ2v) is 6.36. The molecule has 1 aromatic heterocycles. The van der Waals surface area contributed by atoms with Crippen molar-refractivity contribution in [1.29, 1.82) is 0 Å². The van der Waals surface area contributed by atoms with Crippen LogP contribution in [0.1, 0.15) is 31.9 Å². The third-order valence-corrected chi connectivity index (χ3v) is 3.47. The Bertz CT molecular complexity index is 648. The van der Waals surface area contributed by atoms with Gasteiger partial charge >= 0.3 is 0 Å². The maximum Gasteiger partial charge on any atom is 0.250 e. The largest absolute Gasteiger partial charge is 0.492 e. The first-order valence-corrected chi connectivity index (χ1v) is 7.27. The summed E-state index contributed by atoms with van der Waals surface area (Å²) < 4.78 is 7.37. The highest BCUT2D eigenvalue weighted by molar-refractivity contribution is 5.31. The van der Waals surface area contributed by atoms with E-state index in [9.17, 15) is 4.79 Å². The van der Waals surface area contributed by atoms with Crippen molar-refractivity contribution in [2.75, 3.05) is 6.61 Å². The Kier molecular flexibility index (Phi) is 4.51. The molecule has 0 saturated carbocycles. The van der Waals surface area contributed by atoms with Gasteiger partial charge in [-0.1, -0.05) is 32.9 Å². The zero-order valence-corrected chi connectivity index (χ0v) is 13.2. The van der Waals surface area contributed by atoms with E-state index in [1.54, 1.807) is 10.6 Å². The Balaban J connectivity index is 1.93. The fraction of sp³-hybridized carbons (Fsp3) is 0.389. The molecule has 0 N–H and O–H groups in total. The first-order chi connectivity index (χ1) is 9.86. The van der Waals surface area contributed by atoms with Crippen molar-refractivity contribution >= 4 is 0 Å². The Morgan fingerprint density at radius 2 is 1.76 bits per heavy atom. The highest BCUT2D eigenvalue weighted by Gasteiger charge is 2.12. The molecule has 0 radical (unpaired) electrons. The predicted octanol–water partition coefficient (Wildman–Crippen LogP) is 3.53. The second-order valence-electron chi connectivity index (χ2n) is 6.36. The van der Waals surface area contributed by atoms with Crippen LogP contribution < -0.4 is 10.3 Å². The van der Waals surface area contributed by atoms with E-state index in [0.29, 0.717) is 13.2 Å². The number of aryl methyl sites for hydroxylation is 1. The molecule has 0 unspecified atom stereocenters. The summed E-state index contributed by atoms with van der Waals surface area (Å²) in [7, 11) is 0. The van der Waals surface area contributed by atoms with Gasteiger partial charge in [0.1, 0.15) is 12.4 Å². The highest BCUT2D eigenvalue weighted by Crippen LogP contribution is 2.24. The van der Waals surface area contributed by atoms with Gasteiger partial charge in [-0.15, -0.1) is 0 Å². The number of pyridine rings is 1. The Hall–Kier alpha value is -2.03. The van der Waals surface area contributed by atoms with Crippen LogP contribution in [0.2, 0.25) is 0 Å². The summed E-state index contributed by atoms with van der Waals surface area (Å²) in [5, 5.41) is 0. The lowest BCUT2D eigenvalue weighted by atomic mass is 9.87. The van der Waals surface area contributed by atoms with Gasteiger partial charge in [-0.05, 0) is 41.7 Å². The molecule has 1 aromatic carbocycles. The lowest BCUT2D eigenvalue weighted by Gasteiger charge is -2.19. The van der Waals surface area contributed by atoms with Crippen LogP contribution in [-0.4, -0.2) is 11.2 Å². The van der Waals surface area contributed by atoms with Crippen LogP contribution in [0, 0.1) is 6.92 Å². The van der Waals surface area contributed by atoms with E-state index in [1.807, 2.05) is 31.3 Å². The summed E-state index contributed by atoms with van der Waals surface area (Å²) in [4.78, 5) is 11.7. The van der Waals surface area contributed by atoms with Crippen LogP contribution in [0.5, 0.6) is 5.75 Å². The van der Waals surface area contributed by atoms with E-state index < -0.39 is 0 Å². The van der Waals surface area contributed by atoms with E-state index >= 15 is 0 Å². The van der Waals surface area contributed by atoms with Gasteiger partial charge in [-0.2, -0.15) is 0 Å². The smallest absolute Gasteiger partial charge is 0.250 e. The van der Waals surface area contributed by atoms with Crippen LogP contribution in [0.3, 0.4) is 0 Å². The van der Waals surface area contributed by atoms with Crippen molar-refractivity contribution in [3.8, 4) is 5.75 Å². The van der Waals surface area contributed by atoms with Crippen LogP contribution in [0.15, 0.2) is 47.4 Å². The minimum atomic E-state index is 0.0154. The lowest BCUT2D eigenvalue weighted by molar-refractivity contribution is 0.296. The molecule has 0 fully saturated rings. The molecule has 0 amide bonds. The molecule has 3 nitrogen and oxygen atoms in total. The number of rotatable bonds is 4. The molecule has 0 aliphatic rings. The van der Waals surface area contributed by atoms with E-state index in [1.165, 1.54) is 5.56 Å². The summed E-state index contributed by atoms with van der Waals surface area (Å²) in [5.41, 5.74) is 2.43. The van der Waals surface area contributed by atoms with Gasteiger partial charge in [0, 0.05) is 12.3 Å². The van der Waals surface area contributed by atoms with Crippen LogP contribution in [0.25, 0.3) is 0 Å². The first-order valence-electron chi connectivity index (χ1n) is 7.27. The van der Waals surface area contributed by atoms with Crippen molar-refractivity contribution in [2.45, 2.75) is 39.7 Å². The van der Waals surface area contributed by atoms with E-state index in [4.69, 9.17) is 4.74 Å². The number of nitrogens with zero attached hydrogens (tertiary/aromatic N) is 1. The van der Waals surface area contributed by atoms with E-state index in [-0.39, 0.29) is 11.0 Å². The van der Waals surface area contributed by atoms with Crippen LogP contribution in [-0.2, 0) is 12.0 Å². The molecule has 2 aromatic rings. The third kappa shape index (κ3) is 4.22. The minimum Gasteiger partial charge on any atom is -0.492 e. The molecule has 0 aliphatic carbocycles. The average molecular weight is 285 g/mol. The molecule has 0 spiro atoms. The number of hydrogen-bond acceptors (Lipinski definition) is 2. The molecule has 21 heavy (non-hydrogen) atoms. The molecular formula is C18H23NO2. The third-order valence-electron chi connectivity index (χ3n) is 3.47. The Labute approximate surface area is 126 Å². The van der Waals surface area contributed by atoms with Gasteiger partial charge in [-0.25, -0.2) is 0 Å². The number of aromatic nitrogens is 1. The molecule has 1 heterocycles. The molecular weight excluding hydrogens is 262 g/mol. The molecule has 0 bridgehead atoms. The summed E-state index contributed by atoms with van der Waals surface area (Å²) in [6, 6.07) is 11.7. The van der Waals surface area contributed by atoms with Gasteiger partial charge in [-0.3, -0.25) is 4.79 Å². The highest BCUT2D eigenvalue weighted by atomic mass is 16.5. The number of benzene rings is 1. The maximum absolute atomic E-state index is 11.7. The van der Waals surface area contributed by atoms with Gasteiger partial charge in [0.2, 0.25) is 0 Å². The average Bonchev–Trinajstić information content (AvgIpc) is 2.41. The summed E-state index contributed by atoms with van der Waals surface area (Å²) >= 11 is 0. The Morgan fingerprint density at radius 1 is 1.10 bits per heavy atom. The molecule has 2 rings (SSSR count). The lowest BCUT2D eigenvalue weighted by Crippen LogP contribution is -2.22. The topological polar surface area (TPSA) is 31.2 Å². The molecule has 112 valence electrons. The molecule has 3 heteroatoms. The Morgan fingerprint density at radius 3 is 2.33 bits per heavy atom. The standard InChI is InChI=1S/C18H23NO2/c1-14-9-10-19(17(20)13-14)11-12-21-16-7-5-15(6-8-16)18(2,3)4/h5-10,13H,11-12H2,1-4H3. The number of ether oxygens (including phenoxy) is 1. The summed E-state index contributed by atoms with van der Waals surface area (Å²) in [5.74, 6) is 0.836.